The maximum atomic E-state index is 5.35. The van der Waals surface area contributed by atoms with Crippen LogP contribution >= 0.6 is 0 Å². The highest BCUT2D eigenvalue weighted by atomic mass is 16.5. The SMILES string of the molecule is COCCCN=C(NN)NC1CCOC1. The van der Waals surface area contributed by atoms with Gasteiger partial charge in [0.25, 0.3) is 0 Å². The summed E-state index contributed by atoms with van der Waals surface area (Å²) in [5.74, 6) is 5.98. The van der Waals surface area contributed by atoms with Crippen molar-refractivity contribution in [3.63, 3.8) is 0 Å². The first-order chi connectivity index (χ1) is 7.36. The van der Waals surface area contributed by atoms with Crippen LogP contribution in [0.5, 0.6) is 0 Å². The number of hydrogen-bond acceptors (Lipinski definition) is 4. The third kappa shape index (κ3) is 4.96. The molecule has 1 heterocycles. The summed E-state index contributed by atoms with van der Waals surface area (Å²) in [4.78, 5) is 4.28. The molecular weight excluding hydrogens is 196 g/mol. The third-order valence-electron chi connectivity index (χ3n) is 2.18. The van der Waals surface area contributed by atoms with Gasteiger partial charge >= 0.3 is 0 Å². The predicted molar refractivity (Wildman–Crippen MR) is 58.5 cm³/mol. The van der Waals surface area contributed by atoms with E-state index in [1.54, 1.807) is 7.11 Å². The molecule has 0 radical (unpaired) electrons. The molecule has 0 spiro atoms. The molecule has 6 nitrogen and oxygen atoms in total. The number of aliphatic imine (C=N–C) groups is 1. The zero-order valence-corrected chi connectivity index (χ0v) is 9.16. The number of rotatable bonds is 5. The second kappa shape index (κ2) is 7.44. The van der Waals surface area contributed by atoms with Crippen LogP contribution in [0.1, 0.15) is 12.8 Å². The van der Waals surface area contributed by atoms with Crippen molar-refractivity contribution < 1.29 is 9.47 Å². The number of guanidine groups is 1. The number of nitrogens with one attached hydrogen (secondary N) is 2. The molecule has 1 aliphatic rings. The van der Waals surface area contributed by atoms with Gasteiger partial charge in [0.05, 0.1) is 12.6 Å². The van der Waals surface area contributed by atoms with Gasteiger partial charge in [-0.15, -0.1) is 0 Å². The molecule has 1 rings (SSSR count). The minimum Gasteiger partial charge on any atom is -0.385 e. The lowest BCUT2D eigenvalue weighted by atomic mass is 10.3. The second-order valence-electron chi connectivity index (χ2n) is 3.43. The van der Waals surface area contributed by atoms with Crippen molar-refractivity contribution in [2.24, 2.45) is 10.8 Å². The molecule has 88 valence electrons. The summed E-state index contributed by atoms with van der Waals surface area (Å²) in [5, 5.41) is 3.19. The van der Waals surface area contributed by atoms with Crippen molar-refractivity contribution in [1.29, 1.82) is 0 Å². The van der Waals surface area contributed by atoms with Gasteiger partial charge in [0.2, 0.25) is 5.96 Å². The van der Waals surface area contributed by atoms with E-state index in [2.05, 4.69) is 15.7 Å². The molecule has 1 saturated heterocycles. The van der Waals surface area contributed by atoms with E-state index in [9.17, 15) is 0 Å². The normalized spacial score (nSPS) is 21.7. The Kier molecular flexibility index (Phi) is 6.06. The zero-order valence-electron chi connectivity index (χ0n) is 9.16. The van der Waals surface area contributed by atoms with E-state index in [1.807, 2.05) is 0 Å². The smallest absolute Gasteiger partial charge is 0.206 e. The van der Waals surface area contributed by atoms with Crippen LogP contribution in [0.25, 0.3) is 0 Å². The fraction of sp³-hybridized carbons (Fsp3) is 0.889. The molecule has 0 amide bonds. The third-order valence-corrected chi connectivity index (χ3v) is 2.18. The van der Waals surface area contributed by atoms with Crippen LogP contribution < -0.4 is 16.6 Å². The van der Waals surface area contributed by atoms with Gasteiger partial charge in [-0.25, -0.2) is 5.84 Å². The Morgan fingerprint density at radius 1 is 1.67 bits per heavy atom. The summed E-state index contributed by atoms with van der Waals surface area (Å²) in [5.41, 5.74) is 2.55. The molecule has 0 saturated carbocycles. The Morgan fingerprint density at radius 3 is 3.13 bits per heavy atom. The van der Waals surface area contributed by atoms with E-state index < -0.39 is 0 Å². The highest BCUT2D eigenvalue weighted by Gasteiger charge is 2.15. The van der Waals surface area contributed by atoms with E-state index >= 15 is 0 Å². The molecule has 15 heavy (non-hydrogen) atoms. The average molecular weight is 216 g/mol. The van der Waals surface area contributed by atoms with Crippen LogP contribution in [0.15, 0.2) is 4.99 Å². The fourth-order valence-corrected chi connectivity index (χ4v) is 1.37. The van der Waals surface area contributed by atoms with Crippen molar-refractivity contribution in [3.05, 3.63) is 0 Å². The Labute approximate surface area is 90.2 Å². The first-order valence-corrected chi connectivity index (χ1v) is 5.21. The minimum atomic E-state index is 0.322. The molecule has 0 aromatic rings. The minimum absolute atomic E-state index is 0.322. The first kappa shape index (κ1) is 12.2. The summed E-state index contributed by atoms with van der Waals surface area (Å²) in [6, 6.07) is 0.322. The Morgan fingerprint density at radius 2 is 2.53 bits per heavy atom. The summed E-state index contributed by atoms with van der Waals surface area (Å²) >= 11 is 0. The zero-order chi connectivity index (χ0) is 10.9. The number of hydrogen-bond donors (Lipinski definition) is 3. The van der Waals surface area contributed by atoms with E-state index in [1.165, 1.54) is 0 Å². The van der Waals surface area contributed by atoms with Crippen LogP contribution in [0.4, 0.5) is 0 Å². The second-order valence-corrected chi connectivity index (χ2v) is 3.43. The molecular formula is C9H20N4O2. The molecule has 1 unspecified atom stereocenters. The number of nitrogens with zero attached hydrogens (tertiary/aromatic N) is 1. The van der Waals surface area contributed by atoms with Gasteiger partial charge < -0.3 is 14.8 Å². The molecule has 0 bridgehead atoms. The number of nitrogens with two attached hydrogens (primary N) is 1. The van der Waals surface area contributed by atoms with E-state index in [4.69, 9.17) is 15.3 Å². The largest absolute Gasteiger partial charge is 0.385 e. The summed E-state index contributed by atoms with van der Waals surface area (Å²) in [6.45, 7) is 2.94. The lowest BCUT2D eigenvalue weighted by Gasteiger charge is -2.13. The summed E-state index contributed by atoms with van der Waals surface area (Å²) < 4.78 is 10.2. The quantitative estimate of drug-likeness (QED) is 0.185. The van der Waals surface area contributed by atoms with Crippen LogP contribution in [-0.4, -0.2) is 45.5 Å². The van der Waals surface area contributed by atoms with Gasteiger partial charge in [0.1, 0.15) is 0 Å². The summed E-state index contributed by atoms with van der Waals surface area (Å²) in [7, 11) is 1.68. The Hall–Kier alpha value is -0.850. The van der Waals surface area contributed by atoms with Crippen LogP contribution in [-0.2, 0) is 9.47 Å². The Bertz CT molecular complexity index is 193. The Balaban J connectivity index is 2.20. The highest BCUT2D eigenvalue weighted by Crippen LogP contribution is 2.02. The molecule has 6 heteroatoms. The van der Waals surface area contributed by atoms with Gasteiger partial charge in [-0.3, -0.25) is 10.4 Å². The maximum absolute atomic E-state index is 5.35. The van der Waals surface area contributed by atoms with Crippen molar-refractivity contribution in [2.45, 2.75) is 18.9 Å². The first-order valence-electron chi connectivity index (χ1n) is 5.21. The molecule has 1 fully saturated rings. The fourth-order valence-electron chi connectivity index (χ4n) is 1.37. The molecule has 0 aromatic heterocycles. The highest BCUT2D eigenvalue weighted by molar-refractivity contribution is 5.79. The predicted octanol–water partition coefficient (Wildman–Crippen LogP) is -0.779. The van der Waals surface area contributed by atoms with Crippen LogP contribution in [0.3, 0.4) is 0 Å². The lowest BCUT2D eigenvalue weighted by molar-refractivity contribution is 0.192. The van der Waals surface area contributed by atoms with Crippen LogP contribution in [0.2, 0.25) is 0 Å². The van der Waals surface area contributed by atoms with Crippen molar-refractivity contribution in [2.75, 3.05) is 33.5 Å². The van der Waals surface area contributed by atoms with Crippen molar-refractivity contribution in [1.82, 2.24) is 10.7 Å². The molecule has 1 atom stereocenters. The van der Waals surface area contributed by atoms with E-state index in [-0.39, 0.29) is 0 Å². The van der Waals surface area contributed by atoms with Gasteiger partial charge in [-0.2, -0.15) is 0 Å². The van der Waals surface area contributed by atoms with Gasteiger partial charge in [0, 0.05) is 26.9 Å². The standard InChI is InChI=1S/C9H20N4O2/c1-14-5-2-4-11-9(13-10)12-8-3-6-15-7-8/h8H,2-7,10H2,1H3,(H2,11,12,13). The lowest BCUT2D eigenvalue weighted by Crippen LogP contribution is -2.46. The molecule has 1 aliphatic heterocycles. The summed E-state index contributed by atoms with van der Waals surface area (Å²) in [6.07, 6.45) is 1.89. The van der Waals surface area contributed by atoms with Gasteiger partial charge in [-0.05, 0) is 12.8 Å². The van der Waals surface area contributed by atoms with Gasteiger partial charge in [-0.1, -0.05) is 0 Å². The number of methoxy groups -OCH3 is 1. The molecule has 0 aliphatic carbocycles. The number of ether oxygens (including phenoxy) is 2. The molecule has 4 N–H and O–H groups in total. The average Bonchev–Trinajstić information content (AvgIpc) is 2.75. The molecule has 0 aromatic carbocycles. The van der Waals surface area contributed by atoms with Crippen LogP contribution in [0, 0.1) is 0 Å². The van der Waals surface area contributed by atoms with Crippen molar-refractivity contribution in [3.8, 4) is 0 Å². The monoisotopic (exact) mass is 216 g/mol. The number of hydrazine groups is 1. The van der Waals surface area contributed by atoms with E-state index in [0.717, 1.165) is 26.1 Å². The van der Waals surface area contributed by atoms with E-state index in [0.29, 0.717) is 25.2 Å². The maximum Gasteiger partial charge on any atom is 0.206 e. The topological polar surface area (TPSA) is 80.9 Å². The van der Waals surface area contributed by atoms with Crippen molar-refractivity contribution >= 4 is 5.96 Å². The van der Waals surface area contributed by atoms with Gasteiger partial charge in [0.15, 0.2) is 0 Å².